The highest BCUT2D eigenvalue weighted by Gasteiger charge is 2.68. The number of rotatable bonds is 4. The molecule has 206 valence electrons. The van der Waals surface area contributed by atoms with Gasteiger partial charge in [-0.25, -0.2) is 17.6 Å². The molecule has 0 bridgehead atoms. The Bertz CT molecular complexity index is 1650. The van der Waals surface area contributed by atoms with E-state index in [0.717, 1.165) is 31.8 Å². The first-order valence-electron chi connectivity index (χ1n) is 12.3. The zero-order valence-electron chi connectivity index (χ0n) is 21.8. The van der Waals surface area contributed by atoms with E-state index in [-0.39, 0.29) is 21.7 Å². The van der Waals surface area contributed by atoms with Crippen molar-refractivity contribution in [3.05, 3.63) is 107 Å². The van der Waals surface area contributed by atoms with Gasteiger partial charge in [0.1, 0.15) is 5.82 Å². The van der Waals surface area contributed by atoms with Gasteiger partial charge in [-0.3, -0.25) is 23.7 Å². The monoisotopic (exact) mass is 581 g/mol. The number of anilines is 1. The third-order valence-corrected chi connectivity index (χ3v) is 9.66. The molecule has 3 aromatic carbocycles. The van der Waals surface area contributed by atoms with Crippen molar-refractivity contribution in [1.82, 2.24) is 9.80 Å². The molecule has 1 spiro atoms. The summed E-state index contributed by atoms with van der Waals surface area (Å²) >= 11 is 6.15. The first kappa shape index (κ1) is 27.5. The molecule has 3 aromatic rings. The molecule has 2 aliphatic heterocycles. The summed E-state index contributed by atoms with van der Waals surface area (Å²) in [5, 5.41) is 0.332. The molecule has 0 aromatic heterocycles. The number of allylic oxidation sites excluding steroid dienone is 1. The molecule has 4 amide bonds. The highest BCUT2D eigenvalue weighted by atomic mass is 35.5. The maximum absolute atomic E-state index is 14.8. The van der Waals surface area contributed by atoms with E-state index in [4.69, 9.17) is 11.6 Å². The Morgan fingerprint density at radius 3 is 2.05 bits per heavy atom. The van der Waals surface area contributed by atoms with Crippen LogP contribution in [0.1, 0.15) is 28.7 Å². The number of urea groups is 1. The molecular formula is C29H25ClFN3O5S. The van der Waals surface area contributed by atoms with Crippen LogP contribution in [0.5, 0.6) is 0 Å². The second-order valence-electron chi connectivity index (χ2n) is 9.86. The topological polar surface area (TPSA) is 95.1 Å². The Morgan fingerprint density at radius 2 is 1.50 bits per heavy atom. The lowest BCUT2D eigenvalue weighted by Crippen LogP contribution is -2.70. The summed E-state index contributed by atoms with van der Waals surface area (Å²) in [6.45, 7) is 5.68. The minimum Gasteiger partial charge on any atom is -0.273 e. The molecule has 1 fully saturated rings. The summed E-state index contributed by atoms with van der Waals surface area (Å²) in [7, 11) is -2.09. The maximum Gasteiger partial charge on any atom is 0.332 e. The van der Waals surface area contributed by atoms with Crippen molar-refractivity contribution in [2.45, 2.75) is 23.8 Å². The second-order valence-corrected chi connectivity index (χ2v) is 12.1. The summed E-state index contributed by atoms with van der Waals surface area (Å²) in [5.41, 5.74) is -1.04. The lowest BCUT2D eigenvalue weighted by Gasteiger charge is -2.55. The van der Waals surface area contributed by atoms with Crippen LogP contribution in [0.2, 0.25) is 5.02 Å². The van der Waals surface area contributed by atoms with Crippen LogP contribution in [0.3, 0.4) is 0 Å². The average Bonchev–Trinajstić information content (AvgIpc) is 2.93. The summed E-state index contributed by atoms with van der Waals surface area (Å²) < 4.78 is 44.8. The van der Waals surface area contributed by atoms with Crippen LogP contribution < -0.4 is 4.31 Å². The number of sulfonamides is 1. The van der Waals surface area contributed by atoms with Gasteiger partial charge in [0.25, 0.3) is 10.0 Å². The highest BCUT2D eigenvalue weighted by Crippen LogP contribution is 2.60. The number of carbonyl (C=O) groups is 3. The fraction of sp³-hybridized carbons (Fsp3) is 0.207. The van der Waals surface area contributed by atoms with Gasteiger partial charge in [-0.05, 0) is 54.4 Å². The van der Waals surface area contributed by atoms with Gasteiger partial charge in [-0.2, -0.15) is 0 Å². The van der Waals surface area contributed by atoms with Crippen LogP contribution in [0.15, 0.2) is 84.3 Å². The number of nitrogens with zero attached hydrogens (tertiary/aromatic N) is 3. The zero-order chi connectivity index (χ0) is 29.1. The van der Waals surface area contributed by atoms with Gasteiger partial charge in [0.15, 0.2) is 5.41 Å². The Morgan fingerprint density at radius 1 is 0.925 bits per heavy atom. The van der Waals surface area contributed by atoms with E-state index >= 15 is 0 Å². The molecule has 8 nitrogen and oxygen atoms in total. The quantitative estimate of drug-likeness (QED) is 0.318. The first-order valence-corrected chi connectivity index (χ1v) is 14.1. The lowest BCUT2D eigenvalue weighted by molar-refractivity contribution is -0.160. The normalized spacial score (nSPS) is 20.6. The van der Waals surface area contributed by atoms with Crippen molar-refractivity contribution in [2.75, 3.05) is 18.4 Å². The van der Waals surface area contributed by atoms with E-state index in [1.54, 1.807) is 19.1 Å². The fourth-order valence-corrected chi connectivity index (χ4v) is 7.52. The van der Waals surface area contributed by atoms with Crippen LogP contribution in [0.25, 0.3) is 0 Å². The Hall–Kier alpha value is -4.02. The van der Waals surface area contributed by atoms with Crippen LogP contribution in [-0.2, 0) is 19.6 Å². The minimum atomic E-state index is -4.55. The molecule has 2 aliphatic rings. The number of aryl methyl sites for hydroxylation is 1. The molecule has 0 aliphatic carbocycles. The molecule has 2 atom stereocenters. The molecule has 0 radical (unpaired) electrons. The summed E-state index contributed by atoms with van der Waals surface area (Å²) in [4.78, 5) is 42.9. The minimum absolute atomic E-state index is 0.0566. The molecule has 2 heterocycles. The van der Waals surface area contributed by atoms with Crippen molar-refractivity contribution in [1.29, 1.82) is 0 Å². The van der Waals surface area contributed by atoms with Gasteiger partial charge < -0.3 is 0 Å². The van der Waals surface area contributed by atoms with Crippen LogP contribution >= 0.6 is 11.6 Å². The molecular weight excluding hydrogens is 557 g/mol. The Labute approximate surface area is 236 Å². The SMILES string of the molecule is C=C[C@H]1c2ccc(F)cc2N(S(=O)(=O)c2ccc(C)cc2)[C@@H](c2ccc(Cl)cc2)C12C(=O)N(C)C(=O)N(C)C2=O. The smallest absolute Gasteiger partial charge is 0.273 e. The summed E-state index contributed by atoms with van der Waals surface area (Å²) in [6.07, 6.45) is 1.36. The van der Waals surface area contributed by atoms with Crippen LogP contribution in [-0.4, -0.2) is 50.2 Å². The third kappa shape index (κ3) is 3.77. The molecule has 0 unspecified atom stereocenters. The number of amides is 4. The van der Waals surface area contributed by atoms with Crippen molar-refractivity contribution in [3.63, 3.8) is 0 Å². The van der Waals surface area contributed by atoms with E-state index in [1.165, 1.54) is 62.6 Å². The lowest BCUT2D eigenvalue weighted by atomic mass is 9.60. The number of barbiturate groups is 1. The number of benzene rings is 3. The number of fused-ring (bicyclic) bond motifs is 1. The number of hydrogen-bond acceptors (Lipinski definition) is 5. The fourth-order valence-electron chi connectivity index (χ4n) is 5.70. The number of carbonyl (C=O) groups excluding carboxylic acids is 3. The van der Waals surface area contributed by atoms with Gasteiger partial charge in [0.05, 0.1) is 16.6 Å². The van der Waals surface area contributed by atoms with Crippen molar-refractivity contribution < 1.29 is 27.2 Å². The van der Waals surface area contributed by atoms with E-state index in [1.807, 2.05) is 0 Å². The largest absolute Gasteiger partial charge is 0.332 e. The summed E-state index contributed by atoms with van der Waals surface area (Å²) in [6, 6.07) is 13.2. The van der Waals surface area contributed by atoms with E-state index in [2.05, 4.69) is 6.58 Å². The number of imide groups is 2. The molecule has 1 saturated heterocycles. The van der Waals surface area contributed by atoms with Crippen LogP contribution in [0, 0.1) is 18.2 Å². The molecule has 11 heteroatoms. The van der Waals surface area contributed by atoms with Gasteiger partial charge in [0.2, 0.25) is 11.8 Å². The highest BCUT2D eigenvalue weighted by molar-refractivity contribution is 7.92. The Balaban J connectivity index is 1.96. The van der Waals surface area contributed by atoms with Crippen molar-refractivity contribution >= 4 is 45.2 Å². The van der Waals surface area contributed by atoms with Crippen molar-refractivity contribution in [3.8, 4) is 0 Å². The standard InChI is InChI=1S/C29H25ClFN3O5S/c1-5-23-22-15-12-20(31)16-24(22)34(40(38,39)21-13-6-17(2)7-14-21)25(18-8-10-19(30)11-9-18)29(23)26(35)32(3)28(37)33(4)27(29)36/h5-16,23,25H,1H2,2-4H3/t23-,25-/m0/s1. The first-order chi connectivity index (χ1) is 18.9. The molecule has 0 N–H and O–H groups in total. The third-order valence-electron chi connectivity index (χ3n) is 7.61. The van der Waals surface area contributed by atoms with Crippen molar-refractivity contribution in [2.24, 2.45) is 5.41 Å². The molecule has 40 heavy (non-hydrogen) atoms. The predicted octanol–water partition coefficient (Wildman–Crippen LogP) is 5.04. The van der Waals surface area contributed by atoms with Crippen LogP contribution in [0.4, 0.5) is 14.9 Å². The zero-order valence-corrected chi connectivity index (χ0v) is 23.4. The predicted molar refractivity (Wildman–Crippen MR) is 148 cm³/mol. The van der Waals surface area contributed by atoms with Gasteiger partial charge >= 0.3 is 6.03 Å². The van der Waals surface area contributed by atoms with E-state index in [0.29, 0.717) is 5.02 Å². The molecule has 0 saturated carbocycles. The number of halogens is 2. The average molecular weight is 582 g/mol. The van der Waals surface area contributed by atoms with Gasteiger partial charge in [-0.1, -0.05) is 53.6 Å². The van der Waals surface area contributed by atoms with E-state index < -0.39 is 51.1 Å². The van der Waals surface area contributed by atoms with Gasteiger partial charge in [-0.15, -0.1) is 6.58 Å². The van der Waals surface area contributed by atoms with E-state index in [9.17, 15) is 27.2 Å². The second kappa shape index (κ2) is 9.57. The van der Waals surface area contributed by atoms with Gasteiger partial charge in [0, 0.05) is 25.0 Å². The number of hydrogen-bond donors (Lipinski definition) is 0. The maximum atomic E-state index is 14.8. The summed E-state index contributed by atoms with van der Waals surface area (Å²) in [5.74, 6) is -3.68. The Kier molecular flexibility index (Phi) is 6.59. The molecule has 5 rings (SSSR count).